The molecule has 0 spiro atoms. The van der Waals surface area contributed by atoms with E-state index >= 15 is 0 Å². The molecule has 3 amide bonds. The Kier molecular flexibility index (Phi) is 4.65. The molecule has 0 aliphatic carbocycles. The second-order valence-corrected chi connectivity index (χ2v) is 8.87. The number of rotatable bonds is 2. The molecule has 3 heterocycles. The molecule has 1 aromatic rings. The molecule has 3 aliphatic heterocycles. The number of morpholine rings is 1. The van der Waals surface area contributed by atoms with Crippen LogP contribution in [0.5, 0.6) is 0 Å². The van der Waals surface area contributed by atoms with Crippen LogP contribution in [0.2, 0.25) is 0 Å². The zero-order valence-corrected chi connectivity index (χ0v) is 16.7. The minimum absolute atomic E-state index is 0.0329. The zero-order valence-electron chi connectivity index (χ0n) is 16.7. The predicted molar refractivity (Wildman–Crippen MR) is 104 cm³/mol. The molecule has 28 heavy (non-hydrogen) atoms. The van der Waals surface area contributed by atoms with Gasteiger partial charge in [-0.15, -0.1) is 0 Å². The Morgan fingerprint density at radius 3 is 2.68 bits per heavy atom. The molecule has 1 N–H and O–H groups in total. The number of imide groups is 1. The maximum Gasteiger partial charge on any atom is 0.255 e. The number of piperidine rings is 1. The lowest BCUT2D eigenvalue weighted by atomic mass is 9.88. The molecule has 2 unspecified atom stereocenters. The summed E-state index contributed by atoms with van der Waals surface area (Å²) in [7, 11) is 0. The summed E-state index contributed by atoms with van der Waals surface area (Å²) in [4.78, 5) is 40.6. The number of benzene rings is 1. The molecule has 4 rings (SSSR count). The average Bonchev–Trinajstić information content (AvgIpc) is 2.98. The molecule has 7 heteroatoms. The van der Waals surface area contributed by atoms with Crippen LogP contribution in [-0.4, -0.2) is 54.5 Å². The molecule has 150 valence electrons. The van der Waals surface area contributed by atoms with Crippen molar-refractivity contribution in [3.63, 3.8) is 0 Å². The Hall–Kier alpha value is -2.41. The van der Waals surface area contributed by atoms with Crippen molar-refractivity contribution in [1.82, 2.24) is 10.2 Å². The third-order valence-electron chi connectivity index (χ3n) is 5.93. The largest absolute Gasteiger partial charge is 0.374 e. The summed E-state index contributed by atoms with van der Waals surface area (Å²) in [5, 5.41) is 2.36. The van der Waals surface area contributed by atoms with Gasteiger partial charge in [-0.3, -0.25) is 19.7 Å². The van der Waals surface area contributed by atoms with E-state index < -0.39 is 6.04 Å². The minimum Gasteiger partial charge on any atom is -0.374 e. The predicted octanol–water partition coefficient (Wildman–Crippen LogP) is 1.70. The van der Waals surface area contributed by atoms with Gasteiger partial charge in [0.05, 0.1) is 12.7 Å². The van der Waals surface area contributed by atoms with Gasteiger partial charge < -0.3 is 14.5 Å². The number of nitrogens with one attached hydrogen (secondary N) is 1. The van der Waals surface area contributed by atoms with Crippen LogP contribution in [0, 0.1) is 5.41 Å². The van der Waals surface area contributed by atoms with E-state index in [0.29, 0.717) is 25.1 Å². The number of fused-ring (bicyclic) bond motifs is 1. The van der Waals surface area contributed by atoms with Gasteiger partial charge in [0, 0.05) is 42.9 Å². The van der Waals surface area contributed by atoms with Crippen LogP contribution in [0.25, 0.3) is 0 Å². The summed E-state index contributed by atoms with van der Waals surface area (Å²) >= 11 is 0. The summed E-state index contributed by atoms with van der Waals surface area (Å²) in [6.07, 6.45) is 0.754. The number of nitrogens with zero attached hydrogens (tertiary/aromatic N) is 2. The van der Waals surface area contributed by atoms with Crippen LogP contribution in [0.15, 0.2) is 18.2 Å². The smallest absolute Gasteiger partial charge is 0.255 e. The maximum atomic E-state index is 13.0. The third kappa shape index (κ3) is 3.28. The number of amides is 3. The van der Waals surface area contributed by atoms with Crippen molar-refractivity contribution in [2.75, 3.05) is 24.6 Å². The number of carbonyl (C=O) groups excluding carboxylic acids is 3. The molecule has 2 atom stereocenters. The van der Waals surface area contributed by atoms with Gasteiger partial charge in [0.25, 0.3) is 5.91 Å². The highest BCUT2D eigenvalue weighted by molar-refractivity contribution is 6.06. The lowest BCUT2D eigenvalue weighted by Gasteiger charge is -2.41. The number of anilines is 1. The van der Waals surface area contributed by atoms with Gasteiger partial charge in [-0.05, 0) is 24.0 Å². The van der Waals surface area contributed by atoms with E-state index in [4.69, 9.17) is 4.74 Å². The van der Waals surface area contributed by atoms with Crippen molar-refractivity contribution in [2.45, 2.75) is 52.3 Å². The van der Waals surface area contributed by atoms with Crippen molar-refractivity contribution >= 4 is 23.4 Å². The highest BCUT2D eigenvalue weighted by Crippen LogP contribution is 2.36. The van der Waals surface area contributed by atoms with Crippen LogP contribution < -0.4 is 10.2 Å². The van der Waals surface area contributed by atoms with Crippen LogP contribution in [0.4, 0.5) is 5.69 Å². The van der Waals surface area contributed by atoms with Gasteiger partial charge in [-0.25, -0.2) is 0 Å². The molecule has 0 radical (unpaired) electrons. The van der Waals surface area contributed by atoms with E-state index in [9.17, 15) is 14.4 Å². The molecule has 1 aromatic carbocycles. The average molecular weight is 385 g/mol. The number of ether oxygens (including phenoxy) is 1. The standard InChI is InChI=1S/C21H27N3O4/c1-21(2,3)17-12-23(9-10-28-17)15-6-4-5-13-14(15)11-24(20(13)27)16-7-8-18(25)22-19(16)26/h4-6,16-17H,7-12H2,1-3H3,(H,22,25,26). The first-order valence-corrected chi connectivity index (χ1v) is 9.89. The molecule has 3 aliphatic rings. The lowest BCUT2D eigenvalue weighted by Crippen LogP contribution is -2.52. The third-order valence-corrected chi connectivity index (χ3v) is 5.93. The molecule has 2 saturated heterocycles. The summed E-state index contributed by atoms with van der Waals surface area (Å²) in [6, 6.07) is 5.19. The van der Waals surface area contributed by atoms with E-state index in [1.807, 2.05) is 18.2 Å². The minimum atomic E-state index is -0.586. The van der Waals surface area contributed by atoms with E-state index in [1.54, 1.807) is 4.90 Å². The Bertz CT molecular complexity index is 829. The lowest BCUT2D eigenvalue weighted by molar-refractivity contribution is -0.136. The Morgan fingerprint density at radius 2 is 1.96 bits per heavy atom. The molecular formula is C21H27N3O4. The quantitative estimate of drug-likeness (QED) is 0.784. The SMILES string of the molecule is CC(C)(C)C1CN(c2cccc3c2CN(C2CCC(=O)NC2=O)C3=O)CCO1. The summed E-state index contributed by atoms with van der Waals surface area (Å²) < 4.78 is 5.97. The second kappa shape index (κ2) is 6.88. The second-order valence-electron chi connectivity index (χ2n) is 8.87. The highest BCUT2D eigenvalue weighted by Gasteiger charge is 2.41. The monoisotopic (exact) mass is 385 g/mol. The molecular weight excluding hydrogens is 358 g/mol. The maximum absolute atomic E-state index is 13.0. The zero-order chi connectivity index (χ0) is 20.1. The topological polar surface area (TPSA) is 79.0 Å². The van der Waals surface area contributed by atoms with Gasteiger partial charge in [0.15, 0.2) is 0 Å². The van der Waals surface area contributed by atoms with Crippen molar-refractivity contribution < 1.29 is 19.1 Å². The fraction of sp³-hybridized carbons (Fsp3) is 0.571. The van der Waals surface area contributed by atoms with Gasteiger partial charge >= 0.3 is 0 Å². The Balaban J connectivity index is 1.60. The van der Waals surface area contributed by atoms with Crippen molar-refractivity contribution in [2.24, 2.45) is 5.41 Å². The van der Waals surface area contributed by atoms with Crippen molar-refractivity contribution in [3.05, 3.63) is 29.3 Å². The van der Waals surface area contributed by atoms with Gasteiger partial charge in [0.1, 0.15) is 6.04 Å². The van der Waals surface area contributed by atoms with E-state index in [2.05, 4.69) is 31.0 Å². The van der Waals surface area contributed by atoms with Crippen LogP contribution in [-0.2, 0) is 20.9 Å². The Morgan fingerprint density at radius 1 is 1.18 bits per heavy atom. The first kappa shape index (κ1) is 18.9. The van der Waals surface area contributed by atoms with Crippen molar-refractivity contribution in [3.8, 4) is 0 Å². The van der Waals surface area contributed by atoms with Gasteiger partial charge in [-0.1, -0.05) is 26.8 Å². The summed E-state index contributed by atoms with van der Waals surface area (Å²) in [5.41, 5.74) is 2.69. The summed E-state index contributed by atoms with van der Waals surface area (Å²) in [5.74, 6) is -0.780. The van der Waals surface area contributed by atoms with E-state index in [-0.39, 0.29) is 35.7 Å². The molecule has 0 aromatic heterocycles. The normalized spacial score (nSPS) is 25.8. The number of carbonyl (C=O) groups is 3. The Labute approximate surface area is 165 Å². The van der Waals surface area contributed by atoms with Gasteiger partial charge in [0.2, 0.25) is 11.8 Å². The first-order chi connectivity index (χ1) is 13.3. The fourth-order valence-electron chi connectivity index (χ4n) is 4.26. The number of hydrogen-bond donors (Lipinski definition) is 1. The van der Waals surface area contributed by atoms with E-state index in [1.165, 1.54) is 0 Å². The van der Waals surface area contributed by atoms with Crippen LogP contribution in [0.3, 0.4) is 0 Å². The van der Waals surface area contributed by atoms with Crippen molar-refractivity contribution in [1.29, 1.82) is 0 Å². The highest BCUT2D eigenvalue weighted by atomic mass is 16.5. The fourth-order valence-corrected chi connectivity index (χ4v) is 4.26. The van der Waals surface area contributed by atoms with Gasteiger partial charge in [-0.2, -0.15) is 0 Å². The molecule has 0 saturated carbocycles. The summed E-state index contributed by atoms with van der Waals surface area (Å²) in [6.45, 7) is 9.10. The van der Waals surface area contributed by atoms with E-state index in [0.717, 1.165) is 24.3 Å². The van der Waals surface area contributed by atoms with Crippen LogP contribution >= 0.6 is 0 Å². The first-order valence-electron chi connectivity index (χ1n) is 9.89. The molecule has 7 nitrogen and oxygen atoms in total. The number of hydrogen-bond acceptors (Lipinski definition) is 5. The molecule has 2 fully saturated rings. The molecule has 0 bridgehead atoms. The van der Waals surface area contributed by atoms with Crippen LogP contribution in [0.1, 0.15) is 49.5 Å².